The Hall–Kier alpha value is -0.0700. The summed E-state index contributed by atoms with van der Waals surface area (Å²) in [6.07, 6.45) is 1.56. The van der Waals surface area contributed by atoms with Gasteiger partial charge < -0.3 is 15.8 Å². The summed E-state index contributed by atoms with van der Waals surface area (Å²) in [5.74, 6) is 0.0892. The Bertz CT molecular complexity index is 310. The molecular formula is C15H33Cl2N3O2. The molecule has 5 nitrogen and oxygen atoms in total. The zero-order valence-electron chi connectivity index (χ0n) is 14.3. The van der Waals surface area contributed by atoms with E-state index in [-0.39, 0.29) is 36.3 Å². The third kappa shape index (κ3) is 5.85. The highest BCUT2D eigenvalue weighted by molar-refractivity contribution is 5.85. The molecule has 0 spiro atoms. The molecule has 1 fully saturated rings. The minimum Gasteiger partial charge on any atom is -0.379 e. The molecule has 1 rings (SSSR count). The number of nitrogens with one attached hydrogen (secondary N) is 1. The summed E-state index contributed by atoms with van der Waals surface area (Å²) in [4.78, 5) is 14.8. The molecule has 22 heavy (non-hydrogen) atoms. The molecule has 7 heteroatoms. The zero-order valence-corrected chi connectivity index (χ0v) is 15.9. The van der Waals surface area contributed by atoms with Gasteiger partial charge in [0.05, 0.1) is 18.6 Å². The van der Waals surface area contributed by atoms with Crippen LogP contribution >= 0.6 is 24.8 Å². The number of ether oxygens (including phenoxy) is 1. The third-order valence-corrected chi connectivity index (χ3v) is 4.77. The van der Waals surface area contributed by atoms with Gasteiger partial charge in [-0.15, -0.1) is 24.8 Å². The molecular weight excluding hydrogens is 325 g/mol. The summed E-state index contributed by atoms with van der Waals surface area (Å²) < 4.78 is 5.38. The van der Waals surface area contributed by atoms with E-state index in [1.54, 1.807) is 0 Å². The molecule has 0 aromatic heterocycles. The van der Waals surface area contributed by atoms with Crippen molar-refractivity contribution in [2.24, 2.45) is 11.1 Å². The Morgan fingerprint density at radius 3 is 2.09 bits per heavy atom. The lowest BCUT2D eigenvalue weighted by Gasteiger charge is -2.41. The lowest BCUT2D eigenvalue weighted by Crippen LogP contribution is -2.57. The van der Waals surface area contributed by atoms with Crippen molar-refractivity contribution in [2.75, 3.05) is 39.4 Å². The molecule has 0 aliphatic carbocycles. The number of hydrogen-bond donors (Lipinski definition) is 2. The first kappa shape index (κ1) is 24.2. The third-order valence-electron chi connectivity index (χ3n) is 4.77. The number of hydrogen-bond acceptors (Lipinski definition) is 4. The quantitative estimate of drug-likeness (QED) is 0.729. The van der Waals surface area contributed by atoms with Crippen LogP contribution < -0.4 is 11.1 Å². The van der Waals surface area contributed by atoms with Gasteiger partial charge in [0.15, 0.2) is 0 Å². The normalized spacial score (nSPS) is 16.4. The summed E-state index contributed by atoms with van der Waals surface area (Å²) >= 11 is 0. The molecule has 1 aliphatic rings. The van der Waals surface area contributed by atoms with E-state index in [9.17, 15) is 4.79 Å². The van der Waals surface area contributed by atoms with Crippen LogP contribution in [0.1, 0.15) is 40.5 Å². The van der Waals surface area contributed by atoms with E-state index >= 15 is 0 Å². The summed E-state index contributed by atoms with van der Waals surface area (Å²) in [5.41, 5.74) is 5.35. The number of amides is 1. The van der Waals surface area contributed by atoms with Gasteiger partial charge in [-0.25, -0.2) is 0 Å². The van der Waals surface area contributed by atoms with Crippen molar-refractivity contribution in [2.45, 2.75) is 46.1 Å². The van der Waals surface area contributed by atoms with Gasteiger partial charge in [0, 0.05) is 31.7 Å². The number of carbonyl (C=O) groups excluding carboxylic acids is 1. The molecule has 1 saturated heterocycles. The number of nitrogens with zero attached hydrogens (tertiary/aromatic N) is 1. The molecule has 1 heterocycles. The van der Waals surface area contributed by atoms with Gasteiger partial charge in [0.2, 0.25) is 5.91 Å². The Morgan fingerprint density at radius 1 is 1.18 bits per heavy atom. The van der Waals surface area contributed by atoms with Crippen LogP contribution in [0.25, 0.3) is 0 Å². The van der Waals surface area contributed by atoms with Gasteiger partial charge in [-0.1, -0.05) is 13.8 Å². The highest BCUT2D eigenvalue weighted by Crippen LogP contribution is 2.25. The number of rotatable bonds is 7. The largest absolute Gasteiger partial charge is 0.379 e. The first-order valence-corrected chi connectivity index (χ1v) is 7.73. The van der Waals surface area contributed by atoms with Crippen LogP contribution in [0.2, 0.25) is 0 Å². The maximum absolute atomic E-state index is 12.5. The van der Waals surface area contributed by atoms with Crippen LogP contribution in [-0.4, -0.2) is 55.7 Å². The van der Waals surface area contributed by atoms with Crippen molar-refractivity contribution in [3.63, 3.8) is 0 Å². The minimum absolute atomic E-state index is 0. The lowest BCUT2D eigenvalue weighted by molar-refractivity contribution is -0.131. The second kappa shape index (κ2) is 10.7. The van der Waals surface area contributed by atoms with Gasteiger partial charge in [0.1, 0.15) is 0 Å². The Kier molecular flexibility index (Phi) is 11.7. The van der Waals surface area contributed by atoms with Crippen LogP contribution in [0.4, 0.5) is 0 Å². The van der Waals surface area contributed by atoms with Gasteiger partial charge in [-0.05, 0) is 26.7 Å². The van der Waals surface area contributed by atoms with Gasteiger partial charge in [-0.2, -0.15) is 0 Å². The van der Waals surface area contributed by atoms with E-state index in [0.717, 1.165) is 39.1 Å². The number of halogens is 2. The van der Waals surface area contributed by atoms with E-state index in [1.165, 1.54) is 0 Å². The van der Waals surface area contributed by atoms with E-state index in [1.807, 2.05) is 13.8 Å². The number of morpholine rings is 1. The zero-order chi connectivity index (χ0) is 15.2. The van der Waals surface area contributed by atoms with Crippen molar-refractivity contribution >= 4 is 30.7 Å². The van der Waals surface area contributed by atoms with Crippen LogP contribution in [0, 0.1) is 5.41 Å². The number of carbonyl (C=O) groups is 1. The molecule has 0 aromatic rings. The summed E-state index contributed by atoms with van der Waals surface area (Å²) in [7, 11) is 0. The number of nitrogens with two attached hydrogens (primary N) is 1. The van der Waals surface area contributed by atoms with Crippen LogP contribution in [0.15, 0.2) is 0 Å². The highest BCUT2D eigenvalue weighted by Gasteiger charge is 2.35. The second-order valence-corrected chi connectivity index (χ2v) is 6.29. The predicted octanol–water partition coefficient (Wildman–Crippen LogP) is 1.82. The smallest absolute Gasteiger partial charge is 0.227 e. The van der Waals surface area contributed by atoms with Crippen LogP contribution in [0.5, 0.6) is 0 Å². The maximum atomic E-state index is 12.5. The van der Waals surface area contributed by atoms with E-state index in [2.05, 4.69) is 24.1 Å². The molecule has 0 aromatic carbocycles. The molecule has 0 atom stereocenters. The summed E-state index contributed by atoms with van der Waals surface area (Å²) in [5, 5.41) is 3.11. The first-order valence-electron chi connectivity index (χ1n) is 7.73. The van der Waals surface area contributed by atoms with Crippen molar-refractivity contribution in [3.8, 4) is 0 Å². The molecule has 134 valence electrons. The minimum atomic E-state index is -0.416. The Balaban J connectivity index is 0. The molecule has 3 N–H and O–H groups in total. The van der Waals surface area contributed by atoms with Gasteiger partial charge >= 0.3 is 0 Å². The van der Waals surface area contributed by atoms with Gasteiger partial charge in [-0.3, -0.25) is 9.69 Å². The predicted molar refractivity (Wildman–Crippen MR) is 96.0 cm³/mol. The van der Waals surface area contributed by atoms with E-state index in [0.29, 0.717) is 13.1 Å². The molecule has 0 saturated carbocycles. The first-order chi connectivity index (χ1) is 9.41. The van der Waals surface area contributed by atoms with Crippen molar-refractivity contribution in [1.29, 1.82) is 0 Å². The second-order valence-electron chi connectivity index (χ2n) is 6.29. The lowest BCUT2D eigenvalue weighted by atomic mass is 9.81. The van der Waals surface area contributed by atoms with Crippen molar-refractivity contribution in [1.82, 2.24) is 10.2 Å². The average molecular weight is 358 g/mol. The fourth-order valence-corrected chi connectivity index (χ4v) is 2.72. The standard InChI is InChI=1S/C15H31N3O2.2ClH/c1-5-15(6-2,11-16)13(19)17-12-14(3,4)18-7-9-20-10-8-18;;/h5-12,16H2,1-4H3,(H,17,19);2*1H. The maximum Gasteiger partial charge on any atom is 0.227 e. The topological polar surface area (TPSA) is 67.6 Å². The van der Waals surface area contributed by atoms with Crippen LogP contribution in [-0.2, 0) is 9.53 Å². The van der Waals surface area contributed by atoms with E-state index < -0.39 is 5.41 Å². The van der Waals surface area contributed by atoms with E-state index in [4.69, 9.17) is 10.5 Å². The SMILES string of the molecule is CCC(CC)(CN)C(=O)NCC(C)(C)N1CCOCC1.Cl.Cl. The monoisotopic (exact) mass is 357 g/mol. The summed E-state index contributed by atoms with van der Waals surface area (Å²) in [6, 6.07) is 0. The molecule has 0 unspecified atom stereocenters. The molecule has 0 radical (unpaired) electrons. The van der Waals surface area contributed by atoms with Crippen molar-refractivity contribution < 1.29 is 9.53 Å². The van der Waals surface area contributed by atoms with Gasteiger partial charge in [0.25, 0.3) is 0 Å². The summed E-state index contributed by atoms with van der Waals surface area (Å²) in [6.45, 7) is 12.8. The molecule has 1 amide bonds. The highest BCUT2D eigenvalue weighted by atomic mass is 35.5. The fraction of sp³-hybridized carbons (Fsp3) is 0.933. The molecule has 0 bridgehead atoms. The van der Waals surface area contributed by atoms with Crippen LogP contribution in [0.3, 0.4) is 0 Å². The van der Waals surface area contributed by atoms with Crippen molar-refractivity contribution in [3.05, 3.63) is 0 Å². The average Bonchev–Trinajstić information content (AvgIpc) is 2.48. The Labute approximate surface area is 147 Å². The Morgan fingerprint density at radius 2 is 1.68 bits per heavy atom. The fourth-order valence-electron chi connectivity index (χ4n) is 2.72. The molecule has 1 aliphatic heterocycles.